The van der Waals surface area contributed by atoms with Gasteiger partial charge in [0.2, 0.25) is 0 Å². The van der Waals surface area contributed by atoms with Crippen molar-refractivity contribution in [1.29, 1.82) is 0 Å². The molecule has 12 heteroatoms. The molecule has 4 aromatic heterocycles. The van der Waals surface area contributed by atoms with Crippen molar-refractivity contribution in [2.24, 2.45) is 0 Å². The van der Waals surface area contributed by atoms with Gasteiger partial charge in [0, 0.05) is 45.4 Å². The normalized spacial score (nSPS) is 12.0. The maximum Gasteiger partial charge on any atom is 0.261 e. The van der Waals surface area contributed by atoms with E-state index in [1.807, 2.05) is 12.1 Å². The highest BCUT2D eigenvalue weighted by Gasteiger charge is 2.20. The van der Waals surface area contributed by atoms with Crippen LogP contribution in [0.3, 0.4) is 0 Å². The maximum atomic E-state index is 14.8. The lowest BCUT2D eigenvalue weighted by Gasteiger charge is -2.12. The van der Waals surface area contributed by atoms with Crippen molar-refractivity contribution in [3.05, 3.63) is 113 Å². The van der Waals surface area contributed by atoms with Gasteiger partial charge in [0.15, 0.2) is 5.65 Å². The molecule has 1 amide bonds. The molecule has 0 bridgehead atoms. The first-order chi connectivity index (χ1) is 19.4. The van der Waals surface area contributed by atoms with E-state index in [1.54, 1.807) is 48.2 Å². The first-order valence-corrected chi connectivity index (χ1v) is 12.9. The molecule has 40 heavy (non-hydrogen) atoms. The molecule has 2 aromatic carbocycles. The van der Waals surface area contributed by atoms with Gasteiger partial charge in [0.1, 0.15) is 22.9 Å². The SMILES string of the molecule is C[C@@H](c1ccc(Br)cc1F)n1cc(-c2cc(NC(=O)c3cnn4c(-c5cccnc5)ccnc34)ccc2F)nn1. The Balaban J connectivity index is 1.26. The number of amides is 1. The van der Waals surface area contributed by atoms with Gasteiger partial charge in [-0.05, 0) is 55.5 Å². The Morgan fingerprint density at radius 1 is 1.02 bits per heavy atom. The molecule has 1 atom stereocenters. The maximum absolute atomic E-state index is 14.8. The van der Waals surface area contributed by atoms with Crippen molar-refractivity contribution in [3.63, 3.8) is 0 Å². The average Bonchev–Trinajstić information content (AvgIpc) is 3.62. The van der Waals surface area contributed by atoms with Crippen molar-refractivity contribution < 1.29 is 13.6 Å². The number of rotatable bonds is 6. The Morgan fingerprint density at radius 3 is 2.70 bits per heavy atom. The Kier molecular flexibility index (Phi) is 6.60. The van der Waals surface area contributed by atoms with Gasteiger partial charge >= 0.3 is 0 Å². The highest BCUT2D eigenvalue weighted by atomic mass is 79.9. The van der Waals surface area contributed by atoms with Gasteiger partial charge in [0.05, 0.1) is 24.1 Å². The molecular formula is C28H19BrF2N8O. The van der Waals surface area contributed by atoms with Gasteiger partial charge in [-0.3, -0.25) is 9.78 Å². The second kappa shape index (κ2) is 10.4. The van der Waals surface area contributed by atoms with Crippen LogP contribution in [0.1, 0.15) is 28.9 Å². The van der Waals surface area contributed by atoms with Crippen LogP contribution in [-0.4, -0.2) is 40.5 Å². The number of benzene rings is 2. The van der Waals surface area contributed by atoms with Crippen molar-refractivity contribution in [2.45, 2.75) is 13.0 Å². The first-order valence-electron chi connectivity index (χ1n) is 12.1. The fourth-order valence-electron chi connectivity index (χ4n) is 4.35. The van der Waals surface area contributed by atoms with E-state index in [9.17, 15) is 13.6 Å². The van der Waals surface area contributed by atoms with E-state index in [0.29, 0.717) is 21.4 Å². The van der Waals surface area contributed by atoms with Gasteiger partial charge in [-0.1, -0.05) is 27.2 Å². The predicted octanol–water partition coefficient (Wildman–Crippen LogP) is 5.95. The monoisotopic (exact) mass is 600 g/mol. The summed E-state index contributed by atoms with van der Waals surface area (Å²) in [6, 6.07) is 13.9. The standard InChI is InChI=1S/C28H19BrF2N8O/c1-16(20-6-4-18(29)11-24(20)31)38-15-25(36-37-38)21-12-19(5-7-23(21)30)35-28(40)22-14-34-39-26(8-10-33-27(22)39)17-3-2-9-32-13-17/h2-16H,1H3,(H,35,40)/t16-/m0/s1. The Labute approximate surface area is 234 Å². The third kappa shape index (κ3) is 4.73. The smallest absolute Gasteiger partial charge is 0.261 e. The third-order valence-electron chi connectivity index (χ3n) is 6.42. The fourth-order valence-corrected chi connectivity index (χ4v) is 4.69. The Hall–Kier alpha value is -4.84. The van der Waals surface area contributed by atoms with E-state index >= 15 is 0 Å². The average molecular weight is 601 g/mol. The van der Waals surface area contributed by atoms with E-state index in [-0.39, 0.29) is 16.8 Å². The van der Waals surface area contributed by atoms with Crippen LogP contribution in [0.15, 0.2) is 90.1 Å². The largest absolute Gasteiger partial charge is 0.322 e. The van der Waals surface area contributed by atoms with Crippen LogP contribution in [0.25, 0.3) is 28.2 Å². The molecule has 0 radical (unpaired) electrons. The fraction of sp³-hybridized carbons (Fsp3) is 0.0714. The minimum absolute atomic E-state index is 0.129. The number of aromatic nitrogens is 7. The van der Waals surface area contributed by atoms with Gasteiger partial charge < -0.3 is 5.32 Å². The van der Waals surface area contributed by atoms with Crippen LogP contribution in [0.5, 0.6) is 0 Å². The molecule has 9 nitrogen and oxygen atoms in total. The first kappa shape index (κ1) is 25.4. The van der Waals surface area contributed by atoms with Crippen molar-refractivity contribution in [2.75, 3.05) is 5.32 Å². The van der Waals surface area contributed by atoms with E-state index in [1.165, 1.54) is 41.3 Å². The summed E-state index contributed by atoms with van der Waals surface area (Å²) >= 11 is 3.25. The van der Waals surface area contributed by atoms with Crippen LogP contribution >= 0.6 is 15.9 Å². The lowest BCUT2D eigenvalue weighted by molar-refractivity contribution is 0.102. The van der Waals surface area contributed by atoms with E-state index in [2.05, 4.69) is 46.6 Å². The summed E-state index contributed by atoms with van der Waals surface area (Å²) in [6.07, 6.45) is 7.92. The summed E-state index contributed by atoms with van der Waals surface area (Å²) in [5, 5.41) is 15.3. The summed E-state index contributed by atoms with van der Waals surface area (Å²) in [7, 11) is 0. The second-order valence-electron chi connectivity index (χ2n) is 8.94. The Bertz CT molecular complexity index is 1870. The van der Waals surface area contributed by atoms with Crippen LogP contribution < -0.4 is 5.32 Å². The molecule has 0 unspecified atom stereocenters. The van der Waals surface area contributed by atoms with Crippen LogP contribution in [-0.2, 0) is 0 Å². The third-order valence-corrected chi connectivity index (χ3v) is 6.92. The molecule has 6 rings (SSSR count). The number of fused-ring (bicyclic) bond motifs is 1. The zero-order valence-corrected chi connectivity index (χ0v) is 22.4. The van der Waals surface area contributed by atoms with Gasteiger partial charge in [0.25, 0.3) is 5.91 Å². The lowest BCUT2D eigenvalue weighted by Crippen LogP contribution is -2.12. The molecule has 0 aliphatic rings. The molecule has 4 heterocycles. The minimum Gasteiger partial charge on any atom is -0.322 e. The summed E-state index contributed by atoms with van der Waals surface area (Å²) in [6.45, 7) is 1.77. The summed E-state index contributed by atoms with van der Waals surface area (Å²) < 4.78 is 33.0. The highest BCUT2D eigenvalue weighted by Crippen LogP contribution is 2.28. The number of anilines is 1. The van der Waals surface area contributed by atoms with Gasteiger partial charge in [-0.15, -0.1) is 5.10 Å². The lowest BCUT2D eigenvalue weighted by atomic mass is 10.1. The molecule has 0 aliphatic carbocycles. The predicted molar refractivity (Wildman–Crippen MR) is 148 cm³/mol. The molecule has 0 spiro atoms. The molecule has 0 saturated carbocycles. The molecule has 0 saturated heterocycles. The Morgan fingerprint density at radius 2 is 1.90 bits per heavy atom. The quantitative estimate of drug-likeness (QED) is 0.253. The summed E-state index contributed by atoms with van der Waals surface area (Å²) in [4.78, 5) is 21.7. The van der Waals surface area contributed by atoms with Gasteiger partial charge in [-0.2, -0.15) is 5.10 Å². The van der Waals surface area contributed by atoms with Crippen molar-refractivity contribution in [3.8, 4) is 22.5 Å². The number of halogens is 3. The molecule has 198 valence electrons. The van der Waals surface area contributed by atoms with Crippen LogP contribution in [0, 0.1) is 11.6 Å². The number of carbonyl (C=O) groups excluding carboxylic acids is 1. The minimum atomic E-state index is -0.550. The summed E-state index contributed by atoms with van der Waals surface area (Å²) in [5.74, 6) is -1.41. The topological polar surface area (TPSA) is 103 Å². The van der Waals surface area contributed by atoms with Crippen molar-refractivity contribution >= 4 is 33.2 Å². The molecule has 0 fully saturated rings. The van der Waals surface area contributed by atoms with Gasteiger partial charge in [-0.25, -0.2) is 23.0 Å². The van der Waals surface area contributed by atoms with Crippen LogP contribution in [0.4, 0.5) is 14.5 Å². The number of nitrogens with zero attached hydrogens (tertiary/aromatic N) is 7. The number of hydrogen-bond donors (Lipinski definition) is 1. The zero-order valence-electron chi connectivity index (χ0n) is 20.8. The number of nitrogens with one attached hydrogen (secondary N) is 1. The molecule has 0 aliphatic heterocycles. The van der Waals surface area contributed by atoms with E-state index in [0.717, 1.165) is 11.3 Å². The van der Waals surface area contributed by atoms with Crippen LogP contribution in [0.2, 0.25) is 0 Å². The zero-order chi connectivity index (χ0) is 27.8. The second-order valence-corrected chi connectivity index (χ2v) is 9.86. The van der Waals surface area contributed by atoms with E-state index < -0.39 is 23.6 Å². The molecule has 1 N–H and O–H groups in total. The van der Waals surface area contributed by atoms with Crippen molar-refractivity contribution in [1.82, 2.24) is 34.6 Å². The summed E-state index contributed by atoms with van der Waals surface area (Å²) in [5.41, 5.74) is 3.26. The number of carbonyl (C=O) groups is 1. The number of hydrogen-bond acceptors (Lipinski definition) is 6. The number of pyridine rings is 1. The van der Waals surface area contributed by atoms with E-state index in [4.69, 9.17) is 0 Å². The highest BCUT2D eigenvalue weighted by molar-refractivity contribution is 9.10. The molecular weight excluding hydrogens is 582 g/mol. The molecule has 6 aromatic rings.